The highest BCUT2D eigenvalue weighted by Crippen LogP contribution is 2.34. The second-order valence-corrected chi connectivity index (χ2v) is 8.34. The van der Waals surface area contributed by atoms with Gasteiger partial charge in [0.25, 0.3) is 0 Å². The number of hydrogen-bond donors (Lipinski definition) is 0. The van der Waals surface area contributed by atoms with Crippen LogP contribution >= 0.6 is 23.5 Å². The van der Waals surface area contributed by atoms with Crippen LogP contribution in [0.1, 0.15) is 5.56 Å². The lowest BCUT2D eigenvalue weighted by Gasteiger charge is -2.13. The van der Waals surface area contributed by atoms with Gasteiger partial charge in [0.05, 0.1) is 11.4 Å². The Morgan fingerprint density at radius 3 is 2.94 bits per heavy atom. The van der Waals surface area contributed by atoms with Crippen molar-refractivity contribution in [1.82, 2.24) is 0 Å². The monoisotopic (exact) mass is 287 g/mol. The number of fused-ring (bicyclic) bond motifs is 1. The molecule has 0 N–H and O–H groups in total. The van der Waals surface area contributed by atoms with Gasteiger partial charge in [-0.05, 0) is 11.6 Å². The predicted octanol–water partition coefficient (Wildman–Crippen LogP) is 2.70. The van der Waals surface area contributed by atoms with Gasteiger partial charge in [-0.1, -0.05) is 41.7 Å². The Kier molecular flexibility index (Phi) is 4.17. The highest BCUT2D eigenvalue weighted by Gasteiger charge is 2.13. The summed E-state index contributed by atoms with van der Waals surface area (Å²) >= 11 is 3.20. The Hall–Kier alpha value is -0.460. The highest BCUT2D eigenvalue weighted by atomic mass is 32.2. The minimum Gasteiger partial charge on any atom is -0.235 e. The summed E-state index contributed by atoms with van der Waals surface area (Å²) in [6, 6.07) is 8.05. The predicted molar refractivity (Wildman–Crippen MR) is 77.0 cm³/mol. The molecule has 0 radical (unpaired) electrons. The first kappa shape index (κ1) is 13.0. The third kappa shape index (κ3) is 4.04. The van der Waals surface area contributed by atoms with E-state index in [0.29, 0.717) is 5.75 Å². The van der Waals surface area contributed by atoms with Crippen LogP contribution in [0, 0.1) is 0 Å². The molecule has 0 saturated heterocycles. The Morgan fingerprint density at radius 1 is 1.41 bits per heavy atom. The van der Waals surface area contributed by atoms with Gasteiger partial charge >= 0.3 is 0 Å². The summed E-state index contributed by atoms with van der Waals surface area (Å²) in [5.41, 5.74) is 2.25. The Balaban J connectivity index is 1.98. The Bertz CT molecular complexity index is 537. The van der Waals surface area contributed by atoms with E-state index in [1.165, 1.54) is 23.6 Å². The van der Waals surface area contributed by atoms with Crippen LogP contribution < -0.4 is 0 Å². The maximum atomic E-state index is 11.0. The molecule has 0 saturated carbocycles. The molecule has 0 spiro atoms. The van der Waals surface area contributed by atoms with Gasteiger partial charge in [0.2, 0.25) is 0 Å². The molecule has 1 aliphatic rings. The second kappa shape index (κ2) is 5.46. The van der Waals surface area contributed by atoms with Gasteiger partial charge in [-0.15, -0.1) is 0 Å². The minimum absolute atomic E-state index is 0.207. The molecule has 0 unspecified atom stereocenters. The molecule has 17 heavy (non-hydrogen) atoms. The first-order chi connectivity index (χ1) is 8.04. The molecule has 1 aromatic rings. The number of benzene rings is 1. The van der Waals surface area contributed by atoms with E-state index in [4.69, 9.17) is 0 Å². The van der Waals surface area contributed by atoms with Crippen molar-refractivity contribution in [2.24, 2.45) is 4.99 Å². The van der Waals surface area contributed by atoms with Crippen LogP contribution in [0.2, 0.25) is 0 Å². The maximum absolute atomic E-state index is 11.0. The second-order valence-electron chi connectivity index (χ2n) is 3.77. The van der Waals surface area contributed by atoms with Crippen molar-refractivity contribution in [3.63, 3.8) is 0 Å². The zero-order valence-corrected chi connectivity index (χ0v) is 11.9. The van der Waals surface area contributed by atoms with Gasteiger partial charge in [0.15, 0.2) is 0 Å². The summed E-state index contributed by atoms with van der Waals surface area (Å²) in [6.07, 6.45) is 1.26. The van der Waals surface area contributed by atoms with Gasteiger partial charge in [-0.25, -0.2) is 13.4 Å². The van der Waals surface area contributed by atoms with Crippen molar-refractivity contribution in [2.75, 3.05) is 17.8 Å². The molecular weight excluding hydrogens is 274 g/mol. The molecule has 0 atom stereocenters. The van der Waals surface area contributed by atoms with E-state index < -0.39 is 9.84 Å². The van der Waals surface area contributed by atoms with Gasteiger partial charge < -0.3 is 0 Å². The van der Waals surface area contributed by atoms with E-state index in [1.54, 1.807) is 11.8 Å². The molecule has 1 aromatic carbocycles. The van der Waals surface area contributed by atoms with E-state index in [0.717, 1.165) is 15.8 Å². The van der Waals surface area contributed by atoms with E-state index >= 15 is 0 Å². The SMILES string of the molecule is CS(=O)(=O)CCSC1=Nc2ccccc2CS1. The fourth-order valence-electron chi connectivity index (χ4n) is 1.37. The zero-order chi connectivity index (χ0) is 12.3. The van der Waals surface area contributed by atoms with Crippen LogP contribution in [-0.2, 0) is 15.6 Å². The van der Waals surface area contributed by atoms with Crippen LogP contribution in [0.5, 0.6) is 0 Å². The lowest BCUT2D eigenvalue weighted by Crippen LogP contribution is -2.07. The van der Waals surface area contributed by atoms with Crippen molar-refractivity contribution in [2.45, 2.75) is 5.75 Å². The van der Waals surface area contributed by atoms with E-state index in [-0.39, 0.29) is 5.75 Å². The summed E-state index contributed by atoms with van der Waals surface area (Å²) in [5, 5.41) is 0. The summed E-state index contributed by atoms with van der Waals surface area (Å²) in [4.78, 5) is 4.51. The number of thioether (sulfide) groups is 2. The molecular formula is C11H13NO2S3. The van der Waals surface area contributed by atoms with Crippen molar-refractivity contribution in [3.05, 3.63) is 29.8 Å². The van der Waals surface area contributed by atoms with Crippen molar-refractivity contribution >= 4 is 43.4 Å². The van der Waals surface area contributed by atoms with Crippen molar-refractivity contribution < 1.29 is 8.42 Å². The number of rotatable bonds is 3. The zero-order valence-electron chi connectivity index (χ0n) is 9.42. The third-order valence-corrected chi connectivity index (χ3v) is 5.69. The van der Waals surface area contributed by atoms with Crippen LogP contribution in [0.4, 0.5) is 5.69 Å². The molecule has 6 heteroatoms. The van der Waals surface area contributed by atoms with E-state index in [2.05, 4.69) is 11.1 Å². The minimum atomic E-state index is -2.87. The number of sulfone groups is 1. The van der Waals surface area contributed by atoms with E-state index in [1.807, 2.05) is 18.2 Å². The average Bonchev–Trinajstić information content (AvgIpc) is 2.27. The maximum Gasteiger partial charge on any atom is 0.148 e. The van der Waals surface area contributed by atoms with Crippen LogP contribution in [0.15, 0.2) is 29.3 Å². The quantitative estimate of drug-likeness (QED) is 0.857. The molecule has 0 bridgehead atoms. The van der Waals surface area contributed by atoms with Gasteiger partial charge in [-0.3, -0.25) is 0 Å². The van der Waals surface area contributed by atoms with Gasteiger partial charge in [0, 0.05) is 17.8 Å². The standard InChI is InChI=1S/C11H13NO2S3/c1-17(13,14)7-6-15-11-12-10-5-3-2-4-9(10)8-16-11/h2-5H,6-8H2,1H3. The third-order valence-electron chi connectivity index (χ3n) is 2.23. The Labute approximate surface area is 110 Å². The summed E-state index contributed by atoms with van der Waals surface area (Å²) in [7, 11) is -2.87. The summed E-state index contributed by atoms with van der Waals surface area (Å²) < 4.78 is 23.0. The molecule has 0 aliphatic carbocycles. The molecule has 3 nitrogen and oxygen atoms in total. The first-order valence-electron chi connectivity index (χ1n) is 5.14. The van der Waals surface area contributed by atoms with E-state index in [9.17, 15) is 8.42 Å². The molecule has 0 amide bonds. The molecule has 1 heterocycles. The molecule has 92 valence electrons. The molecule has 0 fully saturated rings. The lowest BCUT2D eigenvalue weighted by atomic mass is 10.2. The smallest absolute Gasteiger partial charge is 0.148 e. The fourth-order valence-corrected chi connectivity index (χ4v) is 4.69. The average molecular weight is 287 g/mol. The normalized spacial score (nSPS) is 15.2. The largest absolute Gasteiger partial charge is 0.235 e. The topological polar surface area (TPSA) is 46.5 Å². The Morgan fingerprint density at radius 2 is 2.18 bits per heavy atom. The lowest BCUT2D eigenvalue weighted by molar-refractivity contribution is 0.603. The molecule has 0 aromatic heterocycles. The van der Waals surface area contributed by atoms with Crippen LogP contribution in [0.25, 0.3) is 0 Å². The summed E-state index contributed by atoms with van der Waals surface area (Å²) in [5.74, 6) is 1.70. The number of aliphatic imine (C=N–C) groups is 1. The van der Waals surface area contributed by atoms with Crippen molar-refractivity contribution in [3.8, 4) is 0 Å². The van der Waals surface area contributed by atoms with Crippen molar-refractivity contribution in [1.29, 1.82) is 0 Å². The first-order valence-corrected chi connectivity index (χ1v) is 9.18. The van der Waals surface area contributed by atoms with Gasteiger partial charge in [-0.2, -0.15) is 0 Å². The fraction of sp³-hybridized carbons (Fsp3) is 0.364. The number of hydrogen-bond acceptors (Lipinski definition) is 5. The number of para-hydroxylation sites is 1. The van der Waals surface area contributed by atoms with Crippen LogP contribution in [0.3, 0.4) is 0 Å². The summed E-state index contributed by atoms with van der Waals surface area (Å²) in [6.45, 7) is 0. The molecule has 2 rings (SSSR count). The number of nitrogens with zero attached hydrogens (tertiary/aromatic N) is 1. The van der Waals surface area contributed by atoms with Gasteiger partial charge in [0.1, 0.15) is 14.2 Å². The van der Waals surface area contributed by atoms with Crippen LogP contribution in [-0.4, -0.2) is 30.6 Å². The highest BCUT2D eigenvalue weighted by molar-refractivity contribution is 8.38. The molecule has 1 aliphatic heterocycles.